The zero-order valence-corrected chi connectivity index (χ0v) is 11.6. The van der Waals surface area contributed by atoms with Gasteiger partial charge in [-0.1, -0.05) is 48.1 Å². The highest BCUT2D eigenvalue weighted by Crippen LogP contribution is 2.09. The molecule has 0 aromatic heterocycles. The lowest BCUT2D eigenvalue weighted by Gasteiger charge is -2.04. The van der Waals surface area contributed by atoms with Gasteiger partial charge in [-0.2, -0.15) is 0 Å². The van der Waals surface area contributed by atoms with Crippen LogP contribution in [0.2, 0.25) is 0 Å². The molecule has 0 bridgehead atoms. The van der Waals surface area contributed by atoms with Gasteiger partial charge in [0.25, 0.3) is 0 Å². The van der Waals surface area contributed by atoms with Crippen molar-refractivity contribution in [2.24, 2.45) is 0 Å². The Kier molecular flexibility index (Phi) is 4.70. The third-order valence-corrected chi connectivity index (χ3v) is 2.82. The van der Waals surface area contributed by atoms with E-state index in [0.29, 0.717) is 4.99 Å². The van der Waals surface area contributed by atoms with Gasteiger partial charge in [0.2, 0.25) is 0 Å². The molecule has 0 fully saturated rings. The van der Waals surface area contributed by atoms with E-state index >= 15 is 0 Å². The quantitative estimate of drug-likeness (QED) is 0.636. The number of hydrogen-bond acceptors (Lipinski definition) is 2. The van der Waals surface area contributed by atoms with Gasteiger partial charge in [0.15, 0.2) is 0 Å². The van der Waals surface area contributed by atoms with E-state index in [4.69, 9.17) is 12.2 Å². The number of thiocarbonyl (C=S) groups is 1. The molecule has 0 radical (unpaired) electrons. The Morgan fingerprint density at radius 1 is 0.947 bits per heavy atom. The van der Waals surface area contributed by atoms with Crippen LogP contribution in [0.15, 0.2) is 66.9 Å². The SMILES string of the molecule is Cc1ccc(NC=CC(=S)Nc2ccccc2)cc1. The fourth-order valence-electron chi connectivity index (χ4n) is 1.57. The molecular formula is C16H16N2S. The first-order valence-corrected chi connectivity index (χ1v) is 6.51. The molecule has 2 rings (SSSR count). The summed E-state index contributed by atoms with van der Waals surface area (Å²) in [7, 11) is 0. The van der Waals surface area contributed by atoms with Crippen LogP contribution in [0.3, 0.4) is 0 Å². The molecular weight excluding hydrogens is 252 g/mol. The zero-order valence-electron chi connectivity index (χ0n) is 10.8. The highest BCUT2D eigenvalue weighted by molar-refractivity contribution is 7.81. The number of nitrogens with one attached hydrogen (secondary N) is 2. The van der Waals surface area contributed by atoms with Gasteiger partial charge in [0, 0.05) is 17.6 Å². The molecule has 2 nitrogen and oxygen atoms in total. The molecule has 2 aromatic carbocycles. The Morgan fingerprint density at radius 3 is 2.32 bits per heavy atom. The molecule has 2 N–H and O–H groups in total. The van der Waals surface area contributed by atoms with E-state index in [0.717, 1.165) is 11.4 Å². The highest BCUT2D eigenvalue weighted by Gasteiger charge is 1.92. The van der Waals surface area contributed by atoms with Crippen LogP contribution in [-0.2, 0) is 0 Å². The maximum atomic E-state index is 5.23. The van der Waals surface area contributed by atoms with Crippen molar-refractivity contribution in [2.45, 2.75) is 6.92 Å². The van der Waals surface area contributed by atoms with Crippen LogP contribution in [0.4, 0.5) is 11.4 Å². The van der Waals surface area contributed by atoms with Gasteiger partial charge >= 0.3 is 0 Å². The molecule has 0 atom stereocenters. The largest absolute Gasteiger partial charge is 0.362 e. The minimum atomic E-state index is 0.672. The Hall–Kier alpha value is -2.13. The second-order valence-corrected chi connectivity index (χ2v) is 4.64. The second kappa shape index (κ2) is 6.71. The third-order valence-electron chi connectivity index (χ3n) is 2.58. The Bertz CT molecular complexity index is 559. The lowest BCUT2D eigenvalue weighted by atomic mass is 10.2. The van der Waals surface area contributed by atoms with Crippen LogP contribution in [0.25, 0.3) is 0 Å². The molecule has 3 heteroatoms. The summed E-state index contributed by atoms with van der Waals surface area (Å²) in [6.07, 6.45) is 3.67. The van der Waals surface area contributed by atoms with Crippen molar-refractivity contribution in [1.29, 1.82) is 0 Å². The second-order valence-electron chi connectivity index (χ2n) is 4.20. The molecule has 0 aliphatic rings. The van der Waals surface area contributed by atoms with Crippen molar-refractivity contribution < 1.29 is 0 Å². The van der Waals surface area contributed by atoms with Gasteiger partial charge in [-0.25, -0.2) is 0 Å². The van der Waals surface area contributed by atoms with E-state index in [9.17, 15) is 0 Å². The minimum absolute atomic E-state index is 0.672. The standard InChI is InChI=1S/C16H16N2S/c1-13-7-9-14(10-8-13)17-12-11-16(19)18-15-5-3-2-4-6-15/h2-12,17H,1H3,(H,18,19). The van der Waals surface area contributed by atoms with E-state index in [1.54, 1.807) is 0 Å². The van der Waals surface area contributed by atoms with Crippen LogP contribution < -0.4 is 10.6 Å². The molecule has 2 aromatic rings. The average molecular weight is 268 g/mol. The fourth-order valence-corrected chi connectivity index (χ4v) is 1.75. The van der Waals surface area contributed by atoms with Crippen LogP contribution in [-0.4, -0.2) is 4.99 Å². The summed E-state index contributed by atoms with van der Waals surface area (Å²) < 4.78 is 0. The molecule has 0 saturated carbocycles. The van der Waals surface area contributed by atoms with Gasteiger partial charge in [-0.05, 0) is 37.3 Å². The summed E-state index contributed by atoms with van der Waals surface area (Å²) in [6.45, 7) is 2.07. The van der Waals surface area contributed by atoms with Crippen molar-refractivity contribution in [2.75, 3.05) is 10.6 Å². The van der Waals surface area contributed by atoms with E-state index in [1.165, 1.54) is 5.56 Å². The van der Waals surface area contributed by atoms with E-state index in [2.05, 4.69) is 29.7 Å². The fraction of sp³-hybridized carbons (Fsp3) is 0.0625. The molecule has 0 saturated heterocycles. The number of rotatable bonds is 4. The summed E-state index contributed by atoms with van der Waals surface area (Å²) in [6, 6.07) is 18.1. The van der Waals surface area contributed by atoms with Crippen molar-refractivity contribution >= 4 is 28.6 Å². The average Bonchev–Trinajstić information content (AvgIpc) is 2.42. The van der Waals surface area contributed by atoms with Crippen molar-refractivity contribution in [3.05, 3.63) is 72.4 Å². The smallest absolute Gasteiger partial charge is 0.105 e. The third kappa shape index (κ3) is 4.56. The van der Waals surface area contributed by atoms with Gasteiger partial charge in [0.1, 0.15) is 4.99 Å². The van der Waals surface area contributed by atoms with Gasteiger partial charge < -0.3 is 10.6 Å². The van der Waals surface area contributed by atoms with Crippen molar-refractivity contribution in [3.63, 3.8) is 0 Å². The number of hydrogen-bond donors (Lipinski definition) is 2. The molecule has 0 spiro atoms. The minimum Gasteiger partial charge on any atom is -0.362 e. The van der Waals surface area contributed by atoms with Crippen LogP contribution in [0.1, 0.15) is 5.56 Å². The van der Waals surface area contributed by atoms with Gasteiger partial charge in [-0.3, -0.25) is 0 Å². The molecule has 96 valence electrons. The van der Waals surface area contributed by atoms with Crippen molar-refractivity contribution in [3.8, 4) is 0 Å². The summed E-state index contributed by atoms with van der Waals surface area (Å²) in [4.78, 5) is 0.672. The molecule has 19 heavy (non-hydrogen) atoms. The first-order chi connectivity index (χ1) is 9.24. The highest BCUT2D eigenvalue weighted by atomic mass is 32.1. The topological polar surface area (TPSA) is 24.1 Å². The first-order valence-electron chi connectivity index (χ1n) is 6.10. The maximum Gasteiger partial charge on any atom is 0.105 e. The lowest BCUT2D eigenvalue weighted by Crippen LogP contribution is -2.05. The number of anilines is 2. The first kappa shape index (κ1) is 13.3. The van der Waals surface area contributed by atoms with Crippen molar-refractivity contribution in [1.82, 2.24) is 0 Å². The summed E-state index contributed by atoms with van der Waals surface area (Å²) in [5.74, 6) is 0. The zero-order chi connectivity index (χ0) is 13.5. The molecule has 0 aliphatic heterocycles. The maximum absolute atomic E-state index is 5.23. The van der Waals surface area contributed by atoms with E-state index < -0.39 is 0 Å². The Labute approximate surface area is 119 Å². The lowest BCUT2D eigenvalue weighted by molar-refractivity contribution is 1.46. The van der Waals surface area contributed by atoms with E-state index in [-0.39, 0.29) is 0 Å². The predicted octanol–water partition coefficient (Wildman–Crippen LogP) is 4.36. The monoisotopic (exact) mass is 268 g/mol. The normalized spacial score (nSPS) is 10.4. The van der Waals surface area contributed by atoms with Gasteiger partial charge in [-0.15, -0.1) is 0 Å². The number of benzene rings is 2. The van der Waals surface area contributed by atoms with Crippen LogP contribution in [0.5, 0.6) is 0 Å². The van der Waals surface area contributed by atoms with E-state index in [1.807, 2.05) is 54.7 Å². The summed E-state index contributed by atoms with van der Waals surface area (Å²) >= 11 is 5.23. The van der Waals surface area contributed by atoms with Crippen LogP contribution in [0, 0.1) is 6.92 Å². The molecule has 0 heterocycles. The summed E-state index contributed by atoms with van der Waals surface area (Å²) in [5, 5.41) is 6.32. The Balaban J connectivity index is 1.85. The molecule has 0 aliphatic carbocycles. The predicted molar refractivity (Wildman–Crippen MR) is 86.6 cm³/mol. The van der Waals surface area contributed by atoms with Crippen LogP contribution >= 0.6 is 12.2 Å². The molecule has 0 unspecified atom stereocenters. The summed E-state index contributed by atoms with van der Waals surface area (Å²) in [5.41, 5.74) is 3.28. The van der Waals surface area contributed by atoms with Gasteiger partial charge in [0.05, 0.1) is 0 Å². The number of aryl methyl sites for hydroxylation is 1. The molecule has 0 amide bonds. The number of para-hydroxylation sites is 1. The Morgan fingerprint density at radius 2 is 1.63 bits per heavy atom.